The van der Waals surface area contributed by atoms with Crippen LogP contribution in [0.25, 0.3) is 0 Å². The molecular weight excluding hydrogens is 224 g/mol. The lowest BCUT2D eigenvalue weighted by Gasteiger charge is -2.31. The number of rotatable bonds is 5. The molecular formula is C11H18N2O4. The van der Waals surface area contributed by atoms with E-state index < -0.39 is 12.0 Å². The van der Waals surface area contributed by atoms with Gasteiger partial charge in [-0.05, 0) is 18.8 Å². The third-order valence-electron chi connectivity index (χ3n) is 3.01. The highest BCUT2D eigenvalue weighted by atomic mass is 16.5. The molecule has 2 N–H and O–H groups in total. The molecule has 0 spiro atoms. The number of carbonyl (C=O) groups is 2. The molecule has 0 bridgehead atoms. The van der Waals surface area contributed by atoms with Gasteiger partial charge in [-0.25, -0.2) is 0 Å². The van der Waals surface area contributed by atoms with Crippen molar-refractivity contribution in [1.29, 1.82) is 0 Å². The Hall–Kier alpha value is -1.14. The molecule has 2 aliphatic rings. The average molecular weight is 242 g/mol. The Morgan fingerprint density at radius 1 is 1.41 bits per heavy atom. The molecule has 1 saturated heterocycles. The lowest BCUT2D eigenvalue weighted by atomic mass is 10.2. The molecule has 96 valence electrons. The van der Waals surface area contributed by atoms with Gasteiger partial charge in [-0.3, -0.25) is 9.59 Å². The van der Waals surface area contributed by atoms with Gasteiger partial charge >= 0.3 is 0 Å². The van der Waals surface area contributed by atoms with Gasteiger partial charge in [-0.2, -0.15) is 0 Å². The summed E-state index contributed by atoms with van der Waals surface area (Å²) in [6, 6.07) is 0. The summed E-state index contributed by atoms with van der Waals surface area (Å²) in [6.45, 7) is 1.83. The van der Waals surface area contributed by atoms with E-state index in [1.807, 2.05) is 0 Å². The zero-order valence-corrected chi connectivity index (χ0v) is 9.76. The topological polar surface area (TPSA) is 81.9 Å². The Kier molecular flexibility index (Phi) is 3.96. The number of amides is 2. The smallest absolute Gasteiger partial charge is 0.248 e. The number of nitrogens with two attached hydrogens (primary N) is 1. The number of hydrogen-bond donors (Lipinski definition) is 1. The van der Waals surface area contributed by atoms with E-state index in [9.17, 15) is 9.59 Å². The molecule has 1 saturated carbocycles. The molecule has 1 aliphatic carbocycles. The van der Waals surface area contributed by atoms with Gasteiger partial charge in [0.25, 0.3) is 0 Å². The maximum absolute atomic E-state index is 11.8. The largest absolute Gasteiger partial charge is 0.371 e. The molecule has 2 rings (SSSR count). The van der Waals surface area contributed by atoms with Crippen molar-refractivity contribution in [3.8, 4) is 0 Å². The Balaban J connectivity index is 1.71. The zero-order valence-electron chi connectivity index (χ0n) is 9.76. The van der Waals surface area contributed by atoms with Gasteiger partial charge in [0.1, 0.15) is 6.61 Å². The van der Waals surface area contributed by atoms with Crippen molar-refractivity contribution in [2.45, 2.75) is 18.9 Å². The van der Waals surface area contributed by atoms with Crippen LogP contribution in [0.5, 0.6) is 0 Å². The highest BCUT2D eigenvalue weighted by molar-refractivity contribution is 5.82. The van der Waals surface area contributed by atoms with Gasteiger partial charge in [0.05, 0.1) is 19.8 Å². The fourth-order valence-corrected chi connectivity index (χ4v) is 1.74. The van der Waals surface area contributed by atoms with E-state index in [4.69, 9.17) is 15.2 Å². The summed E-state index contributed by atoms with van der Waals surface area (Å²) < 4.78 is 10.5. The van der Waals surface area contributed by atoms with Crippen molar-refractivity contribution in [1.82, 2.24) is 4.90 Å². The van der Waals surface area contributed by atoms with E-state index in [0.29, 0.717) is 25.7 Å². The van der Waals surface area contributed by atoms with Crippen LogP contribution in [0.3, 0.4) is 0 Å². The van der Waals surface area contributed by atoms with E-state index in [2.05, 4.69) is 0 Å². The standard InChI is InChI=1S/C11H18N2O4/c12-11(15)9-5-13(3-4-17-9)10(14)7-16-6-8-1-2-8/h8-9H,1-7H2,(H2,12,15). The fraction of sp³-hybridized carbons (Fsp3) is 0.818. The number of carbonyl (C=O) groups excluding carboxylic acids is 2. The molecule has 0 aromatic carbocycles. The molecule has 1 heterocycles. The van der Waals surface area contributed by atoms with Crippen LogP contribution in [0.4, 0.5) is 0 Å². The molecule has 2 fully saturated rings. The van der Waals surface area contributed by atoms with E-state index in [-0.39, 0.29) is 19.1 Å². The Labute approximate surface area is 100 Å². The zero-order chi connectivity index (χ0) is 12.3. The van der Waals surface area contributed by atoms with Crippen LogP contribution >= 0.6 is 0 Å². The SMILES string of the molecule is NC(=O)C1CN(C(=O)COCC2CC2)CCO1. The number of primary amides is 1. The second-order valence-electron chi connectivity index (χ2n) is 4.56. The molecule has 0 aromatic rings. The lowest BCUT2D eigenvalue weighted by Crippen LogP contribution is -2.51. The van der Waals surface area contributed by atoms with Crippen molar-refractivity contribution in [2.75, 3.05) is 32.9 Å². The van der Waals surface area contributed by atoms with Crippen LogP contribution < -0.4 is 5.73 Å². The predicted molar refractivity (Wildman–Crippen MR) is 59.1 cm³/mol. The quantitative estimate of drug-likeness (QED) is 0.679. The first kappa shape index (κ1) is 12.3. The minimum Gasteiger partial charge on any atom is -0.371 e. The normalized spacial score (nSPS) is 24.7. The van der Waals surface area contributed by atoms with Crippen LogP contribution in [-0.4, -0.2) is 55.7 Å². The Bertz CT molecular complexity index is 304. The van der Waals surface area contributed by atoms with Crippen molar-refractivity contribution in [2.24, 2.45) is 11.7 Å². The Morgan fingerprint density at radius 3 is 2.82 bits per heavy atom. The molecule has 0 radical (unpaired) electrons. The summed E-state index contributed by atoms with van der Waals surface area (Å²) in [7, 11) is 0. The van der Waals surface area contributed by atoms with Crippen LogP contribution in [0.15, 0.2) is 0 Å². The molecule has 6 heteroatoms. The summed E-state index contributed by atoms with van der Waals surface area (Å²) in [5.41, 5.74) is 5.14. The minimum atomic E-state index is -0.684. The van der Waals surface area contributed by atoms with Crippen molar-refractivity contribution in [3.05, 3.63) is 0 Å². The van der Waals surface area contributed by atoms with E-state index in [0.717, 1.165) is 0 Å². The molecule has 1 atom stereocenters. The highest BCUT2D eigenvalue weighted by Crippen LogP contribution is 2.28. The first-order valence-corrected chi connectivity index (χ1v) is 5.93. The van der Waals surface area contributed by atoms with Gasteiger partial charge in [-0.1, -0.05) is 0 Å². The average Bonchev–Trinajstić information content (AvgIpc) is 3.13. The molecule has 1 unspecified atom stereocenters. The van der Waals surface area contributed by atoms with Crippen LogP contribution in [0.2, 0.25) is 0 Å². The number of hydrogen-bond acceptors (Lipinski definition) is 4. The summed E-state index contributed by atoms with van der Waals surface area (Å²) >= 11 is 0. The highest BCUT2D eigenvalue weighted by Gasteiger charge is 2.28. The third-order valence-corrected chi connectivity index (χ3v) is 3.01. The number of nitrogens with zero attached hydrogens (tertiary/aromatic N) is 1. The first-order valence-electron chi connectivity index (χ1n) is 5.93. The van der Waals surface area contributed by atoms with E-state index in [1.54, 1.807) is 4.90 Å². The third kappa shape index (κ3) is 3.67. The molecule has 17 heavy (non-hydrogen) atoms. The van der Waals surface area contributed by atoms with Gasteiger partial charge < -0.3 is 20.1 Å². The molecule has 1 aliphatic heterocycles. The van der Waals surface area contributed by atoms with Gasteiger partial charge in [0.15, 0.2) is 6.10 Å². The number of ether oxygens (including phenoxy) is 2. The molecule has 2 amide bonds. The van der Waals surface area contributed by atoms with Crippen LogP contribution in [0.1, 0.15) is 12.8 Å². The summed E-state index contributed by atoms with van der Waals surface area (Å²) in [5, 5.41) is 0. The van der Waals surface area contributed by atoms with Crippen molar-refractivity contribution in [3.63, 3.8) is 0 Å². The van der Waals surface area contributed by atoms with Gasteiger partial charge in [0.2, 0.25) is 11.8 Å². The predicted octanol–water partition coefficient (Wildman–Crippen LogP) is -0.874. The minimum absolute atomic E-state index is 0.0853. The molecule has 6 nitrogen and oxygen atoms in total. The Morgan fingerprint density at radius 2 is 2.18 bits per heavy atom. The second kappa shape index (κ2) is 5.46. The van der Waals surface area contributed by atoms with Crippen molar-refractivity contribution < 1.29 is 19.1 Å². The fourth-order valence-electron chi connectivity index (χ4n) is 1.74. The number of morpholine rings is 1. The molecule has 0 aromatic heterocycles. The first-order chi connectivity index (χ1) is 8.16. The second-order valence-corrected chi connectivity index (χ2v) is 4.56. The summed E-state index contributed by atoms with van der Waals surface area (Å²) in [4.78, 5) is 24.3. The van der Waals surface area contributed by atoms with Gasteiger partial charge in [0, 0.05) is 6.54 Å². The van der Waals surface area contributed by atoms with Crippen molar-refractivity contribution >= 4 is 11.8 Å². The lowest BCUT2D eigenvalue weighted by molar-refractivity contribution is -0.148. The maximum Gasteiger partial charge on any atom is 0.248 e. The summed E-state index contributed by atoms with van der Waals surface area (Å²) in [5.74, 6) is 0.0208. The monoisotopic (exact) mass is 242 g/mol. The van der Waals surface area contributed by atoms with Gasteiger partial charge in [-0.15, -0.1) is 0 Å². The summed E-state index contributed by atoms with van der Waals surface area (Å²) in [6.07, 6.45) is 1.72. The van der Waals surface area contributed by atoms with Crippen LogP contribution in [0, 0.1) is 5.92 Å². The van der Waals surface area contributed by atoms with Crippen LogP contribution in [-0.2, 0) is 19.1 Å². The van der Waals surface area contributed by atoms with E-state index >= 15 is 0 Å². The van der Waals surface area contributed by atoms with E-state index in [1.165, 1.54) is 12.8 Å². The maximum atomic E-state index is 11.8.